The Morgan fingerprint density at radius 1 is 0.547 bits per heavy atom. The van der Waals surface area contributed by atoms with E-state index in [-0.39, 0.29) is 23.3 Å². The van der Waals surface area contributed by atoms with Crippen molar-refractivity contribution in [3.8, 4) is 44.5 Å². The van der Waals surface area contributed by atoms with E-state index in [1.807, 2.05) is 0 Å². The number of fused-ring (bicyclic) bond motifs is 6. The zero-order valence-electron chi connectivity index (χ0n) is 36.2. The molecule has 0 fully saturated rings. The summed E-state index contributed by atoms with van der Waals surface area (Å²) in [5.41, 5.74) is 18.4. The minimum absolute atomic E-state index is 0.0143. The first kappa shape index (κ1) is 38.3. The minimum atomic E-state index is -0.151. The fraction of sp³-hybridized carbons (Fsp3) is 0.150. The second-order valence-corrected chi connectivity index (χ2v) is 18.2. The SMILES string of the molecule is CC1(C)c2ccccc2-c2cc3c(cc21)N(c1nc(C2=CCCC=C2)nc(C2C=CC=CC2)n1)C1C=CC(c2cccc(-c4cc(-c5ccccc5)cc(-c5ccccc5)c4)c2)=CC31. The summed E-state index contributed by atoms with van der Waals surface area (Å²) >= 11 is 0. The molecule has 1 aliphatic heterocycles. The highest BCUT2D eigenvalue weighted by Crippen LogP contribution is 2.56. The standard InChI is InChI=1S/C60H48N4/c1-60(2)53-29-16-15-28-49(53)50-37-52-51-36-45(43-26-17-27-44(32-43)48-34-46(39-18-7-3-8-19-39)33-47(35-48)40-20-9-4-10-21-40)30-31-55(51)64(56(52)38-54(50)60)59-62-57(41-22-11-5-12-23-41)61-58(63-59)42-24-13-6-14-25-42/h3-5,7-13,15-22,24-38,41,51,55H,6,14,23H2,1-2H3. The fourth-order valence-corrected chi connectivity index (χ4v) is 10.6. The van der Waals surface area contributed by atoms with Gasteiger partial charge in [-0.25, -0.2) is 4.98 Å². The van der Waals surface area contributed by atoms with E-state index >= 15 is 0 Å². The molecule has 0 amide bonds. The van der Waals surface area contributed by atoms with Gasteiger partial charge < -0.3 is 4.90 Å². The second-order valence-electron chi connectivity index (χ2n) is 18.2. The normalized spacial score (nSPS) is 19.7. The van der Waals surface area contributed by atoms with Crippen LogP contribution >= 0.6 is 0 Å². The van der Waals surface area contributed by atoms with Crippen molar-refractivity contribution in [1.29, 1.82) is 0 Å². The lowest BCUT2D eigenvalue weighted by Gasteiger charge is -2.29. The Morgan fingerprint density at radius 2 is 1.25 bits per heavy atom. The van der Waals surface area contributed by atoms with E-state index in [1.165, 1.54) is 78.0 Å². The average molecular weight is 825 g/mol. The number of benzene rings is 6. The molecule has 3 atom stereocenters. The van der Waals surface area contributed by atoms with E-state index in [1.54, 1.807) is 0 Å². The van der Waals surface area contributed by atoms with Crippen LogP contribution in [0.3, 0.4) is 0 Å². The number of hydrogen-bond donors (Lipinski definition) is 0. The number of allylic oxidation sites excluding steroid dienone is 10. The molecule has 1 aromatic heterocycles. The van der Waals surface area contributed by atoms with Crippen molar-refractivity contribution in [1.82, 2.24) is 15.0 Å². The molecule has 0 saturated heterocycles. The summed E-state index contributed by atoms with van der Waals surface area (Å²) in [6.07, 6.45) is 25.5. The van der Waals surface area contributed by atoms with Gasteiger partial charge in [0.1, 0.15) is 5.82 Å². The van der Waals surface area contributed by atoms with Crippen molar-refractivity contribution in [2.75, 3.05) is 4.90 Å². The Balaban J connectivity index is 0.993. The van der Waals surface area contributed by atoms with Crippen molar-refractivity contribution in [2.45, 2.75) is 56.4 Å². The van der Waals surface area contributed by atoms with Crippen LogP contribution in [0.2, 0.25) is 0 Å². The first-order valence-electron chi connectivity index (χ1n) is 22.8. The van der Waals surface area contributed by atoms with Crippen LogP contribution in [0.1, 0.15) is 78.8 Å². The molecule has 64 heavy (non-hydrogen) atoms. The molecule has 6 aromatic carbocycles. The van der Waals surface area contributed by atoms with Gasteiger partial charge in [0.25, 0.3) is 0 Å². The third-order valence-electron chi connectivity index (χ3n) is 13.9. The van der Waals surface area contributed by atoms with Crippen LogP contribution in [0.4, 0.5) is 11.6 Å². The molecule has 0 radical (unpaired) electrons. The van der Waals surface area contributed by atoms with Gasteiger partial charge in [0.2, 0.25) is 5.95 Å². The quantitative estimate of drug-likeness (QED) is 0.161. The highest BCUT2D eigenvalue weighted by atomic mass is 15.3. The summed E-state index contributed by atoms with van der Waals surface area (Å²) in [5.74, 6) is 2.43. The van der Waals surface area contributed by atoms with Crippen molar-refractivity contribution < 1.29 is 0 Å². The van der Waals surface area contributed by atoms with Crippen LogP contribution < -0.4 is 4.90 Å². The topological polar surface area (TPSA) is 41.9 Å². The van der Waals surface area contributed by atoms with Gasteiger partial charge in [-0.15, -0.1) is 0 Å². The predicted octanol–water partition coefficient (Wildman–Crippen LogP) is 14.8. The van der Waals surface area contributed by atoms with Gasteiger partial charge in [-0.1, -0.05) is 178 Å². The summed E-state index contributed by atoms with van der Waals surface area (Å²) < 4.78 is 0. The highest BCUT2D eigenvalue weighted by molar-refractivity contribution is 5.90. The highest BCUT2D eigenvalue weighted by Gasteiger charge is 2.44. The Morgan fingerprint density at radius 3 is 1.98 bits per heavy atom. The maximum atomic E-state index is 5.39. The number of aromatic nitrogens is 3. The number of nitrogens with zero attached hydrogens (tertiary/aromatic N) is 4. The van der Waals surface area contributed by atoms with Gasteiger partial charge in [-0.2, -0.15) is 9.97 Å². The van der Waals surface area contributed by atoms with Gasteiger partial charge >= 0.3 is 0 Å². The molecule has 3 unspecified atom stereocenters. The molecule has 12 rings (SSSR count). The van der Waals surface area contributed by atoms with E-state index < -0.39 is 0 Å². The average Bonchev–Trinajstić information content (AvgIpc) is 3.81. The Hall–Kier alpha value is -7.43. The molecule has 2 heterocycles. The molecule has 0 N–H and O–H groups in total. The summed E-state index contributed by atoms with van der Waals surface area (Å²) in [4.78, 5) is 18.3. The van der Waals surface area contributed by atoms with Crippen molar-refractivity contribution in [3.63, 3.8) is 0 Å². The van der Waals surface area contributed by atoms with E-state index in [9.17, 15) is 0 Å². The van der Waals surface area contributed by atoms with Crippen molar-refractivity contribution in [2.24, 2.45) is 0 Å². The van der Waals surface area contributed by atoms with Gasteiger partial charge in [-0.3, -0.25) is 0 Å². The summed E-state index contributed by atoms with van der Waals surface area (Å²) in [5, 5.41) is 0. The fourth-order valence-electron chi connectivity index (χ4n) is 10.6. The molecular formula is C60H48N4. The molecule has 4 aliphatic carbocycles. The van der Waals surface area contributed by atoms with Crippen LogP contribution in [0, 0.1) is 0 Å². The maximum Gasteiger partial charge on any atom is 0.234 e. The van der Waals surface area contributed by atoms with Crippen LogP contribution in [0.25, 0.3) is 55.7 Å². The lowest BCUT2D eigenvalue weighted by molar-refractivity contribution is 0.660. The van der Waals surface area contributed by atoms with Crippen LogP contribution in [0.15, 0.2) is 200 Å². The molecule has 308 valence electrons. The Labute approximate surface area is 376 Å². The van der Waals surface area contributed by atoms with Gasteiger partial charge in [0.05, 0.1) is 6.04 Å². The third-order valence-corrected chi connectivity index (χ3v) is 13.9. The number of hydrogen-bond acceptors (Lipinski definition) is 4. The summed E-state index contributed by atoms with van der Waals surface area (Å²) in [6.45, 7) is 4.73. The second kappa shape index (κ2) is 15.4. The van der Waals surface area contributed by atoms with E-state index in [2.05, 4.69) is 219 Å². The largest absolute Gasteiger partial charge is 0.302 e. The van der Waals surface area contributed by atoms with Crippen LogP contribution in [-0.2, 0) is 5.41 Å². The molecule has 4 nitrogen and oxygen atoms in total. The molecule has 0 bridgehead atoms. The van der Waals surface area contributed by atoms with Gasteiger partial charge in [0.15, 0.2) is 5.82 Å². The molecule has 0 saturated carbocycles. The summed E-state index contributed by atoms with van der Waals surface area (Å²) in [7, 11) is 0. The number of anilines is 2. The molecular weight excluding hydrogens is 777 g/mol. The zero-order valence-corrected chi connectivity index (χ0v) is 36.2. The number of rotatable bonds is 7. The van der Waals surface area contributed by atoms with E-state index in [0.717, 1.165) is 36.5 Å². The van der Waals surface area contributed by atoms with Crippen LogP contribution in [0.5, 0.6) is 0 Å². The Bertz CT molecular complexity index is 3120. The molecule has 0 spiro atoms. The maximum absolute atomic E-state index is 5.39. The van der Waals surface area contributed by atoms with Crippen molar-refractivity contribution >= 4 is 22.8 Å². The van der Waals surface area contributed by atoms with Gasteiger partial charge in [-0.05, 0) is 128 Å². The third kappa shape index (κ3) is 6.55. The Kier molecular flexibility index (Phi) is 9.22. The monoisotopic (exact) mass is 824 g/mol. The zero-order chi connectivity index (χ0) is 42.8. The summed E-state index contributed by atoms with van der Waals surface area (Å²) in [6, 6.07) is 51.4. The van der Waals surface area contributed by atoms with E-state index in [4.69, 9.17) is 15.0 Å². The van der Waals surface area contributed by atoms with Crippen LogP contribution in [-0.4, -0.2) is 21.0 Å². The van der Waals surface area contributed by atoms with E-state index in [0.29, 0.717) is 5.95 Å². The molecule has 5 aliphatic rings. The minimum Gasteiger partial charge on any atom is -0.302 e. The van der Waals surface area contributed by atoms with Crippen molar-refractivity contribution in [3.05, 3.63) is 234 Å². The first-order valence-corrected chi connectivity index (χ1v) is 22.8. The van der Waals surface area contributed by atoms with Gasteiger partial charge in [0, 0.05) is 28.5 Å². The predicted molar refractivity (Wildman–Crippen MR) is 264 cm³/mol. The lowest BCUT2D eigenvalue weighted by atomic mass is 9.81. The smallest absolute Gasteiger partial charge is 0.234 e. The first-order chi connectivity index (χ1) is 31.5. The molecule has 7 aromatic rings. The lowest BCUT2D eigenvalue weighted by Crippen LogP contribution is -2.31. The molecule has 4 heteroatoms.